The molecule has 0 spiro atoms. The molecule has 0 atom stereocenters. The zero-order chi connectivity index (χ0) is 17.4. The Labute approximate surface area is 145 Å². The van der Waals surface area contributed by atoms with Crippen LogP contribution in [0.25, 0.3) is 11.2 Å². The number of piperidine rings is 1. The number of nitrogens with zero attached hydrogens (tertiary/aromatic N) is 4. The fourth-order valence-corrected chi connectivity index (χ4v) is 3.69. The summed E-state index contributed by atoms with van der Waals surface area (Å²) in [4.78, 5) is 21.9. The van der Waals surface area contributed by atoms with Crippen LogP contribution in [0.5, 0.6) is 0 Å². The van der Waals surface area contributed by atoms with Crippen LogP contribution >= 0.6 is 0 Å². The standard InChI is InChI=1S/C18H23N5O2/c1-12-15(13(2)25-21-12)11-22-8-5-14(6-9-22)10-23-17-16(20-18(23)24)4-3-7-19-17/h3-4,7,14H,5-6,8-11H2,1-2H3,(H,20,24). The van der Waals surface area contributed by atoms with Crippen molar-refractivity contribution in [1.82, 2.24) is 24.6 Å². The van der Waals surface area contributed by atoms with Gasteiger partial charge in [0.25, 0.3) is 0 Å². The van der Waals surface area contributed by atoms with E-state index in [0.717, 1.165) is 61.6 Å². The molecule has 1 saturated heterocycles. The second-order valence-corrected chi connectivity index (χ2v) is 6.94. The molecule has 0 unspecified atom stereocenters. The number of likely N-dealkylation sites (tertiary alicyclic amines) is 1. The maximum atomic E-state index is 12.2. The van der Waals surface area contributed by atoms with E-state index in [2.05, 4.69) is 20.0 Å². The van der Waals surface area contributed by atoms with Crippen molar-refractivity contribution >= 4 is 11.2 Å². The van der Waals surface area contributed by atoms with Gasteiger partial charge in [0.2, 0.25) is 0 Å². The molecule has 7 heteroatoms. The molecule has 0 aromatic carbocycles. The molecule has 4 rings (SSSR count). The molecule has 1 aliphatic rings. The number of hydrogen-bond acceptors (Lipinski definition) is 5. The Balaban J connectivity index is 1.40. The number of nitrogens with one attached hydrogen (secondary N) is 1. The van der Waals surface area contributed by atoms with Gasteiger partial charge in [-0.2, -0.15) is 0 Å². The molecule has 0 saturated carbocycles. The number of rotatable bonds is 4. The van der Waals surface area contributed by atoms with Crippen LogP contribution in [0.2, 0.25) is 0 Å². The van der Waals surface area contributed by atoms with Crippen LogP contribution in [0.4, 0.5) is 0 Å². The van der Waals surface area contributed by atoms with Gasteiger partial charge in [0, 0.05) is 24.8 Å². The maximum absolute atomic E-state index is 12.2. The summed E-state index contributed by atoms with van der Waals surface area (Å²) >= 11 is 0. The van der Waals surface area contributed by atoms with Gasteiger partial charge in [0.05, 0.1) is 11.2 Å². The molecule has 7 nitrogen and oxygen atoms in total. The van der Waals surface area contributed by atoms with Crippen molar-refractivity contribution in [2.75, 3.05) is 13.1 Å². The number of aryl methyl sites for hydroxylation is 2. The van der Waals surface area contributed by atoms with Crippen molar-refractivity contribution in [3.63, 3.8) is 0 Å². The Bertz CT molecular complexity index is 911. The number of pyridine rings is 1. The second-order valence-electron chi connectivity index (χ2n) is 6.94. The Hall–Kier alpha value is -2.41. The SMILES string of the molecule is Cc1noc(C)c1CN1CCC(Cn2c(=O)[nH]c3cccnc32)CC1. The summed E-state index contributed by atoms with van der Waals surface area (Å²) in [7, 11) is 0. The lowest BCUT2D eigenvalue weighted by Crippen LogP contribution is -2.35. The van der Waals surface area contributed by atoms with Crippen molar-refractivity contribution in [2.24, 2.45) is 5.92 Å². The molecule has 132 valence electrons. The average Bonchev–Trinajstić information content (AvgIpc) is 3.10. The van der Waals surface area contributed by atoms with Gasteiger partial charge in [-0.15, -0.1) is 0 Å². The highest BCUT2D eigenvalue weighted by atomic mass is 16.5. The third-order valence-corrected chi connectivity index (χ3v) is 5.24. The zero-order valence-corrected chi connectivity index (χ0v) is 14.7. The quantitative estimate of drug-likeness (QED) is 0.787. The minimum Gasteiger partial charge on any atom is -0.361 e. The summed E-state index contributed by atoms with van der Waals surface area (Å²) in [6, 6.07) is 3.74. The predicted octanol–water partition coefficient (Wildman–Crippen LogP) is 2.24. The summed E-state index contributed by atoms with van der Waals surface area (Å²) in [5.41, 5.74) is 3.69. The number of H-pyrrole nitrogens is 1. The first-order valence-electron chi connectivity index (χ1n) is 8.79. The van der Waals surface area contributed by atoms with E-state index in [1.165, 1.54) is 5.56 Å². The van der Waals surface area contributed by atoms with E-state index in [-0.39, 0.29) is 5.69 Å². The van der Waals surface area contributed by atoms with Gasteiger partial charge in [-0.25, -0.2) is 9.78 Å². The number of aromatic amines is 1. The molecular weight excluding hydrogens is 318 g/mol. The highest BCUT2D eigenvalue weighted by Crippen LogP contribution is 2.23. The summed E-state index contributed by atoms with van der Waals surface area (Å²) < 4.78 is 7.04. The lowest BCUT2D eigenvalue weighted by molar-refractivity contribution is 0.166. The van der Waals surface area contributed by atoms with Crippen molar-refractivity contribution in [1.29, 1.82) is 0 Å². The lowest BCUT2D eigenvalue weighted by Gasteiger charge is -2.31. The normalized spacial score (nSPS) is 16.7. The molecule has 4 heterocycles. The summed E-state index contributed by atoms with van der Waals surface area (Å²) in [6.45, 7) is 7.64. The van der Waals surface area contributed by atoms with E-state index in [1.54, 1.807) is 10.8 Å². The second kappa shape index (κ2) is 6.48. The number of hydrogen-bond donors (Lipinski definition) is 1. The maximum Gasteiger partial charge on any atom is 0.327 e. The molecule has 1 aliphatic heterocycles. The lowest BCUT2D eigenvalue weighted by atomic mass is 9.96. The first-order valence-corrected chi connectivity index (χ1v) is 8.79. The van der Waals surface area contributed by atoms with E-state index in [1.807, 2.05) is 26.0 Å². The van der Waals surface area contributed by atoms with Crippen LogP contribution < -0.4 is 5.69 Å². The van der Waals surface area contributed by atoms with Crippen LogP contribution in [0.3, 0.4) is 0 Å². The van der Waals surface area contributed by atoms with Gasteiger partial charge in [0.1, 0.15) is 5.76 Å². The fraction of sp³-hybridized carbons (Fsp3) is 0.500. The third-order valence-electron chi connectivity index (χ3n) is 5.24. The Morgan fingerprint density at radius 3 is 2.84 bits per heavy atom. The molecule has 0 aliphatic carbocycles. The number of fused-ring (bicyclic) bond motifs is 1. The first-order chi connectivity index (χ1) is 12.1. The zero-order valence-electron chi connectivity index (χ0n) is 14.7. The predicted molar refractivity (Wildman–Crippen MR) is 94.3 cm³/mol. The minimum atomic E-state index is -0.0631. The van der Waals surface area contributed by atoms with Crippen LogP contribution in [0, 0.1) is 19.8 Å². The molecule has 0 radical (unpaired) electrons. The highest BCUT2D eigenvalue weighted by molar-refractivity contribution is 5.69. The van der Waals surface area contributed by atoms with Crippen LogP contribution in [-0.2, 0) is 13.1 Å². The molecule has 25 heavy (non-hydrogen) atoms. The van der Waals surface area contributed by atoms with Crippen LogP contribution in [-0.4, -0.2) is 37.7 Å². The highest BCUT2D eigenvalue weighted by Gasteiger charge is 2.23. The molecule has 0 amide bonds. The molecule has 3 aromatic heterocycles. The Kier molecular flexibility index (Phi) is 4.17. The van der Waals surface area contributed by atoms with Gasteiger partial charge in [-0.05, 0) is 57.8 Å². The van der Waals surface area contributed by atoms with E-state index in [9.17, 15) is 4.79 Å². The topological polar surface area (TPSA) is 80.0 Å². The Morgan fingerprint density at radius 1 is 1.32 bits per heavy atom. The van der Waals surface area contributed by atoms with Gasteiger partial charge in [-0.1, -0.05) is 5.16 Å². The van der Waals surface area contributed by atoms with Crippen molar-refractivity contribution in [2.45, 2.75) is 39.8 Å². The van der Waals surface area contributed by atoms with E-state index >= 15 is 0 Å². The fourth-order valence-electron chi connectivity index (χ4n) is 3.69. The molecule has 0 bridgehead atoms. The monoisotopic (exact) mass is 341 g/mol. The van der Waals surface area contributed by atoms with Crippen LogP contribution in [0.15, 0.2) is 27.6 Å². The number of aromatic nitrogens is 4. The molecule has 1 fully saturated rings. The van der Waals surface area contributed by atoms with Gasteiger partial charge in [-0.3, -0.25) is 9.47 Å². The van der Waals surface area contributed by atoms with E-state index < -0.39 is 0 Å². The largest absolute Gasteiger partial charge is 0.361 e. The molecule has 3 aromatic rings. The van der Waals surface area contributed by atoms with E-state index in [0.29, 0.717) is 5.92 Å². The summed E-state index contributed by atoms with van der Waals surface area (Å²) in [6.07, 6.45) is 3.89. The summed E-state index contributed by atoms with van der Waals surface area (Å²) in [5.74, 6) is 1.41. The Morgan fingerprint density at radius 2 is 2.12 bits per heavy atom. The van der Waals surface area contributed by atoms with Gasteiger partial charge in [0.15, 0.2) is 5.65 Å². The van der Waals surface area contributed by atoms with Gasteiger partial charge >= 0.3 is 5.69 Å². The molecule has 1 N–H and O–H groups in total. The average molecular weight is 341 g/mol. The van der Waals surface area contributed by atoms with E-state index in [4.69, 9.17) is 4.52 Å². The van der Waals surface area contributed by atoms with Crippen molar-refractivity contribution < 1.29 is 4.52 Å². The van der Waals surface area contributed by atoms with Crippen LogP contribution in [0.1, 0.15) is 29.9 Å². The number of imidazole rings is 1. The van der Waals surface area contributed by atoms with Crippen molar-refractivity contribution in [3.05, 3.63) is 45.8 Å². The minimum absolute atomic E-state index is 0.0631. The van der Waals surface area contributed by atoms with Gasteiger partial charge < -0.3 is 9.51 Å². The van der Waals surface area contributed by atoms with Crippen molar-refractivity contribution in [3.8, 4) is 0 Å². The molecular formula is C18H23N5O2. The first kappa shape index (κ1) is 16.1. The summed E-state index contributed by atoms with van der Waals surface area (Å²) in [5, 5.41) is 4.04. The smallest absolute Gasteiger partial charge is 0.327 e. The third kappa shape index (κ3) is 3.11.